The average Bonchev–Trinajstić information content (AvgIpc) is 3.17. The number of H-pyrrole nitrogens is 1. The molecule has 1 atom stereocenters. The summed E-state index contributed by atoms with van der Waals surface area (Å²) < 4.78 is 28.1. The van der Waals surface area contributed by atoms with E-state index in [2.05, 4.69) is 15.1 Å². The van der Waals surface area contributed by atoms with E-state index in [1.165, 1.54) is 12.1 Å². The van der Waals surface area contributed by atoms with Gasteiger partial charge in [-0.05, 0) is 49.7 Å². The van der Waals surface area contributed by atoms with Gasteiger partial charge < -0.3 is 4.74 Å². The number of hydrogen-bond donors (Lipinski definition) is 2. The summed E-state index contributed by atoms with van der Waals surface area (Å²) in [5, 5.41) is 12.1. The number of primary sulfonamides is 1. The maximum Gasteiger partial charge on any atom is 0.238 e. The van der Waals surface area contributed by atoms with Gasteiger partial charge in [-0.25, -0.2) is 13.6 Å². The van der Waals surface area contributed by atoms with E-state index in [0.717, 1.165) is 31.6 Å². The van der Waals surface area contributed by atoms with E-state index in [4.69, 9.17) is 9.88 Å². The van der Waals surface area contributed by atoms with E-state index in [9.17, 15) is 8.42 Å². The number of nitrogens with zero attached hydrogens (tertiary/aromatic N) is 2. The fraction of sp³-hybridized carbons (Fsp3) is 0.400. The number of aromatic nitrogens is 2. The number of nitrogens with one attached hydrogen (secondary N) is 1. The predicted molar refractivity (Wildman–Crippen MR) is 85.4 cm³/mol. The predicted octanol–water partition coefficient (Wildman–Crippen LogP) is 1.27. The van der Waals surface area contributed by atoms with Crippen molar-refractivity contribution in [1.29, 1.82) is 0 Å². The lowest BCUT2D eigenvalue weighted by Crippen LogP contribution is -2.28. The lowest BCUT2D eigenvalue weighted by molar-refractivity contribution is 0.195. The molecule has 3 N–H and O–H groups in total. The Morgan fingerprint density at radius 1 is 1.30 bits per heavy atom. The van der Waals surface area contributed by atoms with Crippen molar-refractivity contribution < 1.29 is 13.2 Å². The van der Waals surface area contributed by atoms with Crippen LogP contribution in [0.15, 0.2) is 41.4 Å². The first-order valence-corrected chi connectivity index (χ1v) is 9.08. The molecule has 0 aliphatic carbocycles. The molecule has 23 heavy (non-hydrogen) atoms. The van der Waals surface area contributed by atoms with Crippen molar-refractivity contribution in [3.63, 3.8) is 0 Å². The summed E-state index contributed by atoms with van der Waals surface area (Å²) in [5.74, 6) is 0.634. The van der Waals surface area contributed by atoms with E-state index in [1.807, 2.05) is 6.07 Å². The molecule has 7 nitrogen and oxygen atoms in total. The van der Waals surface area contributed by atoms with Gasteiger partial charge in [0, 0.05) is 12.7 Å². The summed E-state index contributed by atoms with van der Waals surface area (Å²) in [4.78, 5) is 2.45. The zero-order valence-corrected chi connectivity index (χ0v) is 13.5. The van der Waals surface area contributed by atoms with Crippen molar-refractivity contribution in [2.45, 2.75) is 23.8 Å². The Kier molecular flexibility index (Phi) is 4.65. The summed E-state index contributed by atoms with van der Waals surface area (Å²) in [6, 6.07) is 8.52. The van der Waals surface area contributed by atoms with Crippen LogP contribution < -0.4 is 9.88 Å². The Labute approximate surface area is 135 Å². The Morgan fingerprint density at radius 3 is 2.74 bits per heavy atom. The number of ether oxygens (including phenoxy) is 1. The Hall–Kier alpha value is -1.90. The number of nitrogens with two attached hydrogens (primary N) is 1. The van der Waals surface area contributed by atoms with Crippen LogP contribution in [-0.4, -0.2) is 43.2 Å². The minimum Gasteiger partial charge on any atom is -0.492 e. The molecule has 0 spiro atoms. The molecule has 0 unspecified atom stereocenters. The third-order valence-corrected chi connectivity index (χ3v) is 4.97. The first kappa shape index (κ1) is 16.0. The lowest BCUT2D eigenvalue weighted by Gasteiger charge is -2.23. The van der Waals surface area contributed by atoms with Gasteiger partial charge in [0.15, 0.2) is 0 Å². The first-order valence-electron chi connectivity index (χ1n) is 7.53. The highest BCUT2D eigenvalue weighted by Crippen LogP contribution is 2.30. The second-order valence-electron chi connectivity index (χ2n) is 5.57. The minimum absolute atomic E-state index is 0.0868. The molecule has 3 rings (SSSR count). The van der Waals surface area contributed by atoms with Crippen LogP contribution in [0.2, 0.25) is 0 Å². The number of likely N-dealkylation sites (tertiary alicyclic amines) is 1. The quantitative estimate of drug-likeness (QED) is 0.827. The zero-order valence-electron chi connectivity index (χ0n) is 12.7. The zero-order chi connectivity index (χ0) is 16.3. The molecule has 2 aromatic rings. The standard InChI is InChI=1S/C15H20N4O3S/c16-23(20,21)13-5-3-12(4-6-13)22-11-10-19-9-1-2-15(19)14-7-8-17-18-14/h3-8,15H,1-2,9-11H2,(H,17,18)(H2,16,20,21)/t15-/m1/s1. The van der Waals surface area contributed by atoms with Gasteiger partial charge in [0.1, 0.15) is 12.4 Å². The minimum atomic E-state index is -3.66. The molecule has 8 heteroatoms. The Morgan fingerprint density at radius 2 is 2.09 bits per heavy atom. The SMILES string of the molecule is NS(=O)(=O)c1ccc(OCCN2CCC[C@@H]2c2ccn[nH]2)cc1. The molecule has 0 amide bonds. The van der Waals surface area contributed by atoms with Gasteiger partial charge in [0.2, 0.25) is 10.0 Å². The van der Waals surface area contributed by atoms with Crippen molar-refractivity contribution >= 4 is 10.0 Å². The van der Waals surface area contributed by atoms with Crippen LogP contribution in [0, 0.1) is 0 Å². The topological polar surface area (TPSA) is 101 Å². The van der Waals surface area contributed by atoms with Crippen molar-refractivity contribution in [1.82, 2.24) is 15.1 Å². The lowest BCUT2D eigenvalue weighted by atomic mass is 10.1. The molecule has 1 aliphatic rings. The van der Waals surface area contributed by atoms with Gasteiger partial charge >= 0.3 is 0 Å². The van der Waals surface area contributed by atoms with Crippen LogP contribution in [0.5, 0.6) is 5.75 Å². The molecule has 1 aromatic heterocycles. The Balaban J connectivity index is 1.53. The molecular weight excluding hydrogens is 316 g/mol. The summed E-state index contributed by atoms with van der Waals surface area (Å²) in [7, 11) is -3.66. The second-order valence-corrected chi connectivity index (χ2v) is 7.13. The molecule has 0 saturated carbocycles. The number of aromatic amines is 1. The fourth-order valence-corrected chi connectivity index (χ4v) is 3.42. The molecule has 0 bridgehead atoms. The number of hydrogen-bond acceptors (Lipinski definition) is 5. The first-order chi connectivity index (χ1) is 11.0. The van der Waals surface area contributed by atoms with Crippen molar-refractivity contribution in [2.75, 3.05) is 19.7 Å². The monoisotopic (exact) mass is 336 g/mol. The van der Waals surface area contributed by atoms with Crippen LogP contribution in [-0.2, 0) is 10.0 Å². The van der Waals surface area contributed by atoms with Crippen molar-refractivity contribution in [3.8, 4) is 5.75 Å². The maximum atomic E-state index is 11.2. The normalized spacial score (nSPS) is 19.1. The summed E-state index contributed by atoms with van der Waals surface area (Å²) in [6.45, 7) is 2.39. The van der Waals surface area contributed by atoms with Gasteiger partial charge in [-0.1, -0.05) is 0 Å². The number of sulfonamides is 1. The molecule has 1 aromatic carbocycles. The van der Waals surface area contributed by atoms with E-state index in [0.29, 0.717) is 18.4 Å². The molecule has 124 valence electrons. The van der Waals surface area contributed by atoms with E-state index < -0.39 is 10.0 Å². The van der Waals surface area contributed by atoms with Gasteiger partial charge in [-0.15, -0.1) is 0 Å². The highest BCUT2D eigenvalue weighted by atomic mass is 32.2. The largest absolute Gasteiger partial charge is 0.492 e. The van der Waals surface area contributed by atoms with Gasteiger partial charge in [-0.2, -0.15) is 5.10 Å². The fourth-order valence-electron chi connectivity index (χ4n) is 2.90. The molecular formula is C15H20N4O3S. The maximum absolute atomic E-state index is 11.2. The van der Waals surface area contributed by atoms with E-state index in [1.54, 1.807) is 18.3 Å². The van der Waals surface area contributed by atoms with Gasteiger partial charge in [0.05, 0.1) is 16.6 Å². The molecule has 0 radical (unpaired) electrons. The van der Waals surface area contributed by atoms with Gasteiger partial charge in [-0.3, -0.25) is 10.00 Å². The smallest absolute Gasteiger partial charge is 0.238 e. The van der Waals surface area contributed by atoms with E-state index >= 15 is 0 Å². The molecule has 1 fully saturated rings. The third-order valence-electron chi connectivity index (χ3n) is 4.04. The van der Waals surface area contributed by atoms with Crippen LogP contribution in [0.1, 0.15) is 24.6 Å². The average molecular weight is 336 g/mol. The second kappa shape index (κ2) is 6.69. The summed E-state index contributed by atoms with van der Waals surface area (Å²) >= 11 is 0. The van der Waals surface area contributed by atoms with Crippen LogP contribution in [0.4, 0.5) is 0 Å². The number of rotatable bonds is 6. The van der Waals surface area contributed by atoms with E-state index in [-0.39, 0.29) is 4.90 Å². The van der Waals surface area contributed by atoms with Crippen molar-refractivity contribution in [3.05, 3.63) is 42.2 Å². The summed E-state index contributed by atoms with van der Waals surface area (Å²) in [5.41, 5.74) is 1.14. The van der Waals surface area contributed by atoms with Crippen LogP contribution in [0.3, 0.4) is 0 Å². The van der Waals surface area contributed by atoms with Crippen LogP contribution >= 0.6 is 0 Å². The van der Waals surface area contributed by atoms with Gasteiger partial charge in [0.25, 0.3) is 0 Å². The molecule has 2 heterocycles. The highest BCUT2D eigenvalue weighted by molar-refractivity contribution is 7.89. The molecule has 1 aliphatic heterocycles. The number of benzene rings is 1. The summed E-state index contributed by atoms with van der Waals surface area (Å²) in [6.07, 6.45) is 4.05. The Bertz CT molecular complexity index is 729. The van der Waals surface area contributed by atoms with Crippen molar-refractivity contribution in [2.24, 2.45) is 5.14 Å². The third kappa shape index (κ3) is 3.90. The highest BCUT2D eigenvalue weighted by Gasteiger charge is 2.26. The van der Waals surface area contributed by atoms with Crippen LogP contribution in [0.25, 0.3) is 0 Å². The molecule has 1 saturated heterocycles.